The number of thiazole rings is 1. The molecule has 6 rings (SSSR count). The number of aromatic nitrogens is 4. The Balaban J connectivity index is 1.12. The highest BCUT2D eigenvalue weighted by molar-refractivity contribution is 7.10. The predicted molar refractivity (Wildman–Crippen MR) is 158 cm³/mol. The van der Waals surface area contributed by atoms with E-state index >= 15 is 0 Å². The minimum absolute atomic E-state index is 0.0314. The second-order valence-corrected chi connectivity index (χ2v) is 11.7. The van der Waals surface area contributed by atoms with Crippen molar-refractivity contribution in [3.63, 3.8) is 0 Å². The van der Waals surface area contributed by atoms with Crippen molar-refractivity contribution in [1.29, 1.82) is 0 Å². The Hall–Kier alpha value is -3.96. The van der Waals surface area contributed by atoms with Gasteiger partial charge in [-0.25, -0.2) is 9.97 Å². The number of carbonyl (C=O) groups is 2. The van der Waals surface area contributed by atoms with Crippen molar-refractivity contribution in [3.8, 4) is 11.3 Å². The van der Waals surface area contributed by atoms with Gasteiger partial charge in [-0.1, -0.05) is 19.4 Å². The van der Waals surface area contributed by atoms with E-state index in [2.05, 4.69) is 43.4 Å². The number of hydrogen-bond donors (Lipinski definition) is 2. The molecule has 1 fully saturated rings. The highest BCUT2D eigenvalue weighted by Gasteiger charge is 2.44. The van der Waals surface area contributed by atoms with Crippen molar-refractivity contribution < 1.29 is 14.0 Å². The van der Waals surface area contributed by atoms with Crippen LogP contribution in [0.2, 0.25) is 0 Å². The maximum atomic E-state index is 13.8. The van der Waals surface area contributed by atoms with Crippen molar-refractivity contribution in [2.75, 3.05) is 38.0 Å². The van der Waals surface area contributed by atoms with Crippen LogP contribution in [-0.4, -0.2) is 74.5 Å². The van der Waals surface area contributed by atoms with Crippen LogP contribution in [0.5, 0.6) is 0 Å². The van der Waals surface area contributed by atoms with Gasteiger partial charge >= 0.3 is 0 Å². The molecule has 1 atom stereocenters. The van der Waals surface area contributed by atoms with E-state index in [1.165, 1.54) is 17.8 Å². The van der Waals surface area contributed by atoms with Gasteiger partial charge in [0, 0.05) is 54.0 Å². The summed E-state index contributed by atoms with van der Waals surface area (Å²) in [6.07, 6.45) is 8.48. The van der Waals surface area contributed by atoms with E-state index < -0.39 is 11.4 Å². The number of carbonyl (C=O) groups excluding carboxylic acids is 2. The maximum Gasteiger partial charge on any atom is 0.237 e. The summed E-state index contributed by atoms with van der Waals surface area (Å²) in [6, 6.07) is 8.54. The summed E-state index contributed by atoms with van der Waals surface area (Å²) < 4.78 is 13.3. The van der Waals surface area contributed by atoms with Gasteiger partial charge in [-0.2, -0.15) is 9.49 Å². The second kappa shape index (κ2) is 11.5. The molecule has 1 aromatic carbocycles. The first-order valence-electron chi connectivity index (χ1n) is 13.9. The third-order valence-electron chi connectivity index (χ3n) is 8.09. The normalized spacial score (nSPS) is 19.5. The summed E-state index contributed by atoms with van der Waals surface area (Å²) in [5.74, 6) is -0.486. The second-order valence-electron chi connectivity index (χ2n) is 10.8. The number of H-pyrrole nitrogens is 1. The van der Waals surface area contributed by atoms with Crippen molar-refractivity contribution >= 4 is 45.3 Å². The van der Waals surface area contributed by atoms with Crippen LogP contribution in [0.4, 0.5) is 10.1 Å². The Kier molecular flexibility index (Phi) is 7.63. The topological polar surface area (TPSA) is 107 Å². The largest absolute Gasteiger partial charge is 0.338 e. The number of pyridine rings is 1. The Morgan fingerprint density at radius 2 is 2.10 bits per heavy atom. The minimum atomic E-state index is -0.566. The standard InChI is InChI=1S/C30H32FN7O2S/c1-2-9-30(10-14-37(19-30)18-26(39)38-12-7-20(8-13-38)28-32-11-15-41-28)29(40)34-22-4-5-24-23(16-22)27(36-35-24)21-3-6-25(31)33-17-21/h3-7,11,15-17H,2,8-10,12-14,18-19H2,1H3,(H,34,40)(H,35,36)/t30-/m1/s1. The quantitative estimate of drug-likeness (QED) is 0.289. The molecule has 212 valence electrons. The maximum absolute atomic E-state index is 13.8. The predicted octanol–water partition coefficient (Wildman–Crippen LogP) is 4.97. The fraction of sp³-hybridized carbons (Fsp3) is 0.367. The fourth-order valence-corrected chi connectivity index (χ4v) is 6.64. The van der Waals surface area contributed by atoms with Gasteiger partial charge < -0.3 is 10.2 Å². The summed E-state index contributed by atoms with van der Waals surface area (Å²) >= 11 is 1.63. The average Bonchev–Trinajstić information content (AvgIpc) is 3.75. The van der Waals surface area contributed by atoms with Crippen molar-refractivity contribution in [1.82, 2.24) is 30.0 Å². The lowest BCUT2D eigenvalue weighted by atomic mass is 9.81. The number of benzene rings is 1. The van der Waals surface area contributed by atoms with Crippen molar-refractivity contribution in [2.24, 2.45) is 5.41 Å². The Morgan fingerprint density at radius 1 is 1.20 bits per heavy atom. The van der Waals surface area contributed by atoms with Crippen LogP contribution < -0.4 is 5.32 Å². The molecule has 2 amide bonds. The van der Waals surface area contributed by atoms with Gasteiger partial charge in [-0.15, -0.1) is 11.3 Å². The zero-order valence-electron chi connectivity index (χ0n) is 22.9. The van der Waals surface area contributed by atoms with E-state index in [0.717, 1.165) is 35.2 Å². The van der Waals surface area contributed by atoms with Gasteiger partial charge in [0.25, 0.3) is 0 Å². The minimum Gasteiger partial charge on any atom is -0.338 e. The molecule has 5 heterocycles. The van der Waals surface area contributed by atoms with Crippen molar-refractivity contribution in [3.05, 3.63) is 65.1 Å². The van der Waals surface area contributed by atoms with Gasteiger partial charge in [0.05, 0.1) is 17.5 Å². The molecule has 2 aliphatic heterocycles. The first-order valence-corrected chi connectivity index (χ1v) is 14.8. The molecule has 11 heteroatoms. The number of hydrogen-bond acceptors (Lipinski definition) is 7. The van der Waals surface area contributed by atoms with Crippen LogP contribution >= 0.6 is 11.3 Å². The van der Waals surface area contributed by atoms with Crippen LogP contribution in [0.15, 0.2) is 54.2 Å². The summed E-state index contributed by atoms with van der Waals surface area (Å²) in [5, 5.41) is 14.3. The lowest BCUT2D eigenvalue weighted by Gasteiger charge is -2.30. The van der Waals surface area contributed by atoms with E-state index in [9.17, 15) is 14.0 Å². The van der Waals surface area contributed by atoms with Crippen LogP contribution in [-0.2, 0) is 9.59 Å². The molecular formula is C30H32FN7O2S. The van der Waals surface area contributed by atoms with E-state index in [4.69, 9.17) is 0 Å². The average molecular weight is 574 g/mol. The van der Waals surface area contributed by atoms with Crippen LogP contribution in [0.3, 0.4) is 0 Å². The van der Waals surface area contributed by atoms with Crippen LogP contribution in [0.1, 0.15) is 37.6 Å². The van der Waals surface area contributed by atoms with Gasteiger partial charge in [0.1, 0.15) is 10.7 Å². The SMILES string of the molecule is CCC[C@@]1(C(=O)Nc2ccc3[nH]nc(-c4ccc(F)nc4)c3c2)CCN(CC(=O)N2CC=C(c3nccs3)CC2)C1. The first-order chi connectivity index (χ1) is 19.9. The number of anilines is 1. The first kappa shape index (κ1) is 27.2. The van der Waals surface area contributed by atoms with E-state index in [1.807, 2.05) is 34.7 Å². The lowest BCUT2D eigenvalue weighted by Crippen LogP contribution is -2.43. The monoisotopic (exact) mass is 573 g/mol. The molecule has 0 radical (unpaired) electrons. The lowest BCUT2D eigenvalue weighted by molar-refractivity contribution is -0.132. The highest BCUT2D eigenvalue weighted by atomic mass is 32.1. The summed E-state index contributed by atoms with van der Waals surface area (Å²) in [6.45, 7) is 4.93. The van der Waals surface area contributed by atoms with Gasteiger partial charge in [0.2, 0.25) is 17.8 Å². The highest BCUT2D eigenvalue weighted by Crippen LogP contribution is 2.37. The molecule has 0 unspecified atom stereocenters. The zero-order valence-corrected chi connectivity index (χ0v) is 23.7. The van der Waals surface area contributed by atoms with Gasteiger partial charge in [-0.3, -0.25) is 19.6 Å². The number of nitrogens with zero attached hydrogens (tertiary/aromatic N) is 5. The van der Waals surface area contributed by atoms with Crippen LogP contribution in [0.25, 0.3) is 27.7 Å². The van der Waals surface area contributed by atoms with E-state index in [0.29, 0.717) is 56.1 Å². The molecule has 1 saturated heterocycles. The van der Waals surface area contributed by atoms with Gasteiger partial charge in [-0.05, 0) is 61.7 Å². The molecule has 0 bridgehead atoms. The molecule has 9 nitrogen and oxygen atoms in total. The van der Waals surface area contributed by atoms with Crippen molar-refractivity contribution in [2.45, 2.75) is 32.6 Å². The molecule has 4 aromatic rings. The summed E-state index contributed by atoms with van der Waals surface area (Å²) in [4.78, 5) is 39.0. The molecule has 2 N–H and O–H groups in total. The smallest absolute Gasteiger partial charge is 0.237 e. The zero-order chi connectivity index (χ0) is 28.4. The fourth-order valence-electron chi connectivity index (χ4n) is 5.93. The summed E-state index contributed by atoms with van der Waals surface area (Å²) in [7, 11) is 0. The number of amides is 2. The number of nitrogens with one attached hydrogen (secondary N) is 2. The molecule has 2 aliphatic rings. The Labute approximate surface area is 241 Å². The van der Waals surface area contributed by atoms with Crippen LogP contribution in [0, 0.1) is 11.4 Å². The Bertz CT molecular complexity index is 1580. The molecule has 0 spiro atoms. The molecule has 0 aliphatic carbocycles. The molecule has 41 heavy (non-hydrogen) atoms. The molecular weight excluding hydrogens is 541 g/mol. The third kappa shape index (κ3) is 5.64. The Morgan fingerprint density at radius 3 is 2.83 bits per heavy atom. The number of halogens is 1. The molecule has 0 saturated carbocycles. The number of aromatic amines is 1. The number of rotatable bonds is 8. The number of fused-ring (bicyclic) bond motifs is 1. The number of likely N-dealkylation sites (tertiary alicyclic amines) is 1. The molecule has 3 aromatic heterocycles. The van der Waals surface area contributed by atoms with Gasteiger partial charge in [0.15, 0.2) is 0 Å². The third-order valence-corrected chi connectivity index (χ3v) is 8.94. The summed E-state index contributed by atoms with van der Waals surface area (Å²) in [5.41, 5.74) is 3.44. The van der Waals surface area contributed by atoms with E-state index in [1.54, 1.807) is 17.4 Å². The van der Waals surface area contributed by atoms with E-state index in [-0.39, 0.29) is 11.8 Å².